The standard InChI is InChI=1S/C11H14N4O3S/c12-19(17,18)5-1-4-13-11(16)8-2-3-9-7-14-15-10(9)6-8/h2-3,6-7H,1,4-5H2,(H,13,16)(H,14,15)(H2,12,17,18). The number of hydrogen-bond acceptors (Lipinski definition) is 4. The lowest BCUT2D eigenvalue weighted by Gasteiger charge is -2.04. The molecule has 7 nitrogen and oxygen atoms in total. The van der Waals surface area contributed by atoms with E-state index in [1.807, 2.05) is 0 Å². The summed E-state index contributed by atoms with van der Waals surface area (Å²) in [6, 6.07) is 5.17. The average molecular weight is 282 g/mol. The zero-order valence-electron chi connectivity index (χ0n) is 10.1. The Morgan fingerprint density at radius 3 is 2.95 bits per heavy atom. The summed E-state index contributed by atoms with van der Waals surface area (Å²) >= 11 is 0. The topological polar surface area (TPSA) is 118 Å². The smallest absolute Gasteiger partial charge is 0.251 e. The molecule has 0 saturated heterocycles. The number of aromatic amines is 1. The van der Waals surface area contributed by atoms with Crippen molar-refractivity contribution in [3.63, 3.8) is 0 Å². The number of nitrogens with one attached hydrogen (secondary N) is 2. The fourth-order valence-electron chi connectivity index (χ4n) is 1.66. The van der Waals surface area contributed by atoms with Gasteiger partial charge in [-0.05, 0) is 18.6 Å². The molecule has 0 atom stereocenters. The molecule has 1 heterocycles. The van der Waals surface area contributed by atoms with Crippen LogP contribution in [0.2, 0.25) is 0 Å². The Morgan fingerprint density at radius 1 is 1.42 bits per heavy atom. The lowest BCUT2D eigenvalue weighted by atomic mass is 10.1. The minimum atomic E-state index is -3.47. The van der Waals surface area contributed by atoms with Crippen LogP contribution in [-0.4, -0.2) is 36.8 Å². The van der Waals surface area contributed by atoms with Crippen LogP contribution in [0, 0.1) is 0 Å². The molecule has 19 heavy (non-hydrogen) atoms. The van der Waals surface area contributed by atoms with Gasteiger partial charge in [0.1, 0.15) is 0 Å². The number of benzene rings is 1. The maximum atomic E-state index is 11.8. The van der Waals surface area contributed by atoms with Gasteiger partial charge in [-0.2, -0.15) is 5.10 Å². The summed E-state index contributed by atoms with van der Waals surface area (Å²) in [5.41, 5.74) is 1.27. The Hall–Kier alpha value is -1.93. The fourth-order valence-corrected chi connectivity index (χ4v) is 2.20. The van der Waals surface area contributed by atoms with E-state index in [1.165, 1.54) is 0 Å². The molecular formula is C11H14N4O3S. The molecule has 1 aromatic heterocycles. The number of aromatic nitrogens is 2. The number of amides is 1. The maximum absolute atomic E-state index is 11.8. The minimum absolute atomic E-state index is 0.146. The molecule has 0 fully saturated rings. The van der Waals surface area contributed by atoms with Crippen LogP contribution in [0.15, 0.2) is 24.4 Å². The van der Waals surface area contributed by atoms with Gasteiger partial charge in [0.2, 0.25) is 10.0 Å². The highest BCUT2D eigenvalue weighted by Gasteiger charge is 2.07. The molecule has 0 bridgehead atoms. The van der Waals surface area contributed by atoms with Crippen LogP contribution in [0.1, 0.15) is 16.8 Å². The van der Waals surface area contributed by atoms with E-state index in [1.54, 1.807) is 24.4 Å². The van der Waals surface area contributed by atoms with Crippen molar-refractivity contribution in [3.8, 4) is 0 Å². The Kier molecular flexibility index (Phi) is 3.82. The summed E-state index contributed by atoms with van der Waals surface area (Å²) in [5, 5.41) is 15.1. The first kappa shape index (κ1) is 13.5. The van der Waals surface area contributed by atoms with Crippen molar-refractivity contribution < 1.29 is 13.2 Å². The SMILES string of the molecule is NS(=O)(=O)CCCNC(=O)c1ccc2cn[nH]c2c1. The van der Waals surface area contributed by atoms with Crippen molar-refractivity contribution in [2.75, 3.05) is 12.3 Å². The second kappa shape index (κ2) is 5.37. The van der Waals surface area contributed by atoms with Gasteiger partial charge < -0.3 is 5.32 Å². The Bertz CT molecular complexity index is 693. The molecule has 0 aliphatic carbocycles. The molecular weight excluding hydrogens is 268 g/mol. The number of nitrogens with zero attached hydrogens (tertiary/aromatic N) is 1. The third kappa shape index (κ3) is 3.76. The van der Waals surface area contributed by atoms with Gasteiger partial charge in [0.15, 0.2) is 0 Å². The van der Waals surface area contributed by atoms with E-state index in [-0.39, 0.29) is 24.6 Å². The van der Waals surface area contributed by atoms with Crippen molar-refractivity contribution >= 4 is 26.8 Å². The monoisotopic (exact) mass is 282 g/mol. The van der Waals surface area contributed by atoms with E-state index in [2.05, 4.69) is 15.5 Å². The molecule has 0 aliphatic rings. The van der Waals surface area contributed by atoms with E-state index in [9.17, 15) is 13.2 Å². The number of sulfonamides is 1. The van der Waals surface area contributed by atoms with Crippen molar-refractivity contribution in [1.29, 1.82) is 0 Å². The number of fused-ring (bicyclic) bond motifs is 1. The van der Waals surface area contributed by atoms with Gasteiger partial charge >= 0.3 is 0 Å². The minimum Gasteiger partial charge on any atom is -0.352 e. The van der Waals surface area contributed by atoms with E-state index in [0.29, 0.717) is 5.56 Å². The summed E-state index contributed by atoms with van der Waals surface area (Å²) in [5.74, 6) is -0.404. The van der Waals surface area contributed by atoms with Crippen LogP contribution >= 0.6 is 0 Å². The van der Waals surface area contributed by atoms with E-state index >= 15 is 0 Å². The van der Waals surface area contributed by atoms with Gasteiger partial charge in [-0.3, -0.25) is 9.89 Å². The lowest BCUT2D eigenvalue weighted by Crippen LogP contribution is -2.27. The zero-order chi connectivity index (χ0) is 13.9. The van der Waals surface area contributed by atoms with Crippen molar-refractivity contribution in [2.24, 2.45) is 5.14 Å². The predicted octanol–water partition coefficient (Wildman–Crippen LogP) is -0.0287. The Labute approximate surface area is 110 Å². The largest absolute Gasteiger partial charge is 0.352 e. The van der Waals surface area contributed by atoms with Crippen LogP contribution in [0.25, 0.3) is 10.9 Å². The fraction of sp³-hybridized carbons (Fsp3) is 0.273. The quantitative estimate of drug-likeness (QED) is 0.667. The normalized spacial score (nSPS) is 11.6. The van der Waals surface area contributed by atoms with Crippen LogP contribution in [-0.2, 0) is 10.0 Å². The van der Waals surface area contributed by atoms with E-state index in [4.69, 9.17) is 5.14 Å². The predicted molar refractivity (Wildman–Crippen MR) is 71.0 cm³/mol. The molecule has 0 unspecified atom stereocenters. The van der Waals surface area contributed by atoms with Gasteiger partial charge in [0, 0.05) is 17.5 Å². The number of nitrogens with two attached hydrogens (primary N) is 1. The maximum Gasteiger partial charge on any atom is 0.251 e. The van der Waals surface area contributed by atoms with Crippen LogP contribution < -0.4 is 10.5 Å². The molecule has 1 amide bonds. The third-order valence-corrected chi connectivity index (χ3v) is 3.45. The zero-order valence-corrected chi connectivity index (χ0v) is 10.9. The average Bonchev–Trinajstić information content (AvgIpc) is 2.80. The van der Waals surface area contributed by atoms with Crippen molar-refractivity contribution in [3.05, 3.63) is 30.0 Å². The highest BCUT2D eigenvalue weighted by Crippen LogP contribution is 2.12. The van der Waals surface area contributed by atoms with Crippen LogP contribution in [0.4, 0.5) is 0 Å². The molecule has 1 aromatic carbocycles. The number of hydrogen-bond donors (Lipinski definition) is 3. The Balaban J connectivity index is 1.92. The molecule has 2 aromatic rings. The first-order valence-corrected chi connectivity index (χ1v) is 7.39. The van der Waals surface area contributed by atoms with Crippen LogP contribution in [0.5, 0.6) is 0 Å². The van der Waals surface area contributed by atoms with E-state index in [0.717, 1.165) is 10.9 Å². The number of carbonyl (C=O) groups excluding carboxylic acids is 1. The van der Waals surface area contributed by atoms with Gasteiger partial charge in [-0.25, -0.2) is 13.6 Å². The summed E-state index contributed by atoms with van der Waals surface area (Å²) in [4.78, 5) is 11.8. The number of rotatable bonds is 5. The van der Waals surface area contributed by atoms with Gasteiger partial charge in [-0.15, -0.1) is 0 Å². The molecule has 0 radical (unpaired) electrons. The summed E-state index contributed by atoms with van der Waals surface area (Å²) < 4.78 is 21.4. The Morgan fingerprint density at radius 2 is 2.21 bits per heavy atom. The van der Waals surface area contributed by atoms with Crippen molar-refractivity contribution in [1.82, 2.24) is 15.5 Å². The summed E-state index contributed by atoms with van der Waals surface area (Å²) in [6.07, 6.45) is 1.96. The first-order valence-electron chi connectivity index (χ1n) is 5.67. The second-order valence-electron chi connectivity index (χ2n) is 4.15. The molecule has 8 heteroatoms. The highest BCUT2D eigenvalue weighted by molar-refractivity contribution is 7.89. The second-order valence-corrected chi connectivity index (χ2v) is 5.88. The van der Waals surface area contributed by atoms with Crippen LogP contribution in [0.3, 0.4) is 0 Å². The van der Waals surface area contributed by atoms with Gasteiger partial charge in [-0.1, -0.05) is 6.07 Å². The molecule has 0 saturated carbocycles. The van der Waals surface area contributed by atoms with Gasteiger partial charge in [0.25, 0.3) is 5.91 Å². The molecule has 2 rings (SSSR count). The molecule has 4 N–H and O–H groups in total. The highest BCUT2D eigenvalue weighted by atomic mass is 32.2. The lowest BCUT2D eigenvalue weighted by molar-refractivity contribution is 0.0954. The van der Waals surface area contributed by atoms with E-state index < -0.39 is 10.0 Å². The number of H-pyrrole nitrogens is 1. The number of primary sulfonamides is 1. The molecule has 0 aliphatic heterocycles. The third-order valence-electron chi connectivity index (χ3n) is 2.60. The van der Waals surface area contributed by atoms with Crippen molar-refractivity contribution in [2.45, 2.75) is 6.42 Å². The summed E-state index contributed by atoms with van der Waals surface area (Å²) in [7, 11) is -3.47. The summed E-state index contributed by atoms with van der Waals surface area (Å²) in [6.45, 7) is 0.260. The number of carbonyl (C=O) groups is 1. The first-order chi connectivity index (χ1) is 8.96. The molecule has 0 spiro atoms. The molecule has 102 valence electrons. The van der Waals surface area contributed by atoms with Gasteiger partial charge in [0.05, 0.1) is 17.5 Å².